The predicted octanol–water partition coefficient (Wildman–Crippen LogP) is 2.63. The molecule has 16 nitrogen and oxygen atoms in total. The van der Waals surface area contributed by atoms with Gasteiger partial charge < -0.3 is 29.7 Å². The van der Waals surface area contributed by atoms with Gasteiger partial charge in [-0.15, -0.1) is 0 Å². The molecule has 55 heavy (non-hydrogen) atoms. The molecule has 0 bridgehead atoms. The number of alkyl carbamates (subject to hydrolysis) is 2. The maximum atomic E-state index is 13.8. The number of rotatable bonds is 17. The molecule has 306 valence electrons. The van der Waals surface area contributed by atoms with E-state index < -0.39 is 91.0 Å². The number of sulfonamides is 2. The molecule has 0 radical (unpaired) electrons. The quantitative estimate of drug-likeness (QED) is 0.135. The van der Waals surface area contributed by atoms with Crippen molar-refractivity contribution in [1.29, 1.82) is 0 Å². The van der Waals surface area contributed by atoms with E-state index in [1.54, 1.807) is 102 Å². The third-order valence-corrected chi connectivity index (χ3v) is 11.0. The van der Waals surface area contributed by atoms with E-state index in [2.05, 4.69) is 24.8 Å². The van der Waals surface area contributed by atoms with Crippen molar-refractivity contribution in [3.8, 4) is 0 Å². The zero-order chi connectivity index (χ0) is 41.0. The van der Waals surface area contributed by atoms with Crippen LogP contribution in [0.1, 0.15) is 65.5 Å². The van der Waals surface area contributed by atoms with Gasteiger partial charge >= 0.3 is 18.2 Å². The molecule has 0 aliphatic carbocycles. The number of carbonyl (C=O) groups is 4. The Morgan fingerprint density at radius 2 is 1.05 bits per heavy atom. The predicted molar refractivity (Wildman–Crippen MR) is 206 cm³/mol. The standard InChI is InChI=1S/C37H55N5O11S2/c1-36(2,3)52-34(45)38-28(20-26-14-10-8-11-15-26)24-54(47,48)40-30-22-42(32(43)18-19-33(44)51-7)23-31(30)41-55(49,50)25-29(21-27-16-12-9-13-17-27)39-35(46)53-37(4,5)6/h8-17,28-31,40-41H,18-25H2,1-7H3,(H,38,45)(H,39,46)/t28-,29-,30+,31+/m0/s1. The van der Waals surface area contributed by atoms with E-state index in [9.17, 15) is 36.0 Å². The van der Waals surface area contributed by atoms with E-state index in [4.69, 9.17) is 9.47 Å². The molecule has 3 rings (SSSR count). The molecule has 0 unspecified atom stereocenters. The summed E-state index contributed by atoms with van der Waals surface area (Å²) in [5.74, 6) is -2.34. The number of carbonyl (C=O) groups excluding carboxylic acids is 4. The van der Waals surface area contributed by atoms with Gasteiger partial charge in [-0.2, -0.15) is 0 Å². The fourth-order valence-corrected chi connectivity index (χ4v) is 8.91. The molecule has 0 saturated carbocycles. The number of benzene rings is 2. The lowest BCUT2D eigenvalue weighted by Crippen LogP contribution is -2.55. The number of esters is 1. The average molecular weight is 810 g/mol. The Morgan fingerprint density at radius 1 is 0.673 bits per heavy atom. The normalized spacial score (nSPS) is 17.5. The van der Waals surface area contributed by atoms with Gasteiger partial charge in [-0.05, 0) is 65.5 Å². The topological polar surface area (TPSA) is 216 Å². The van der Waals surface area contributed by atoms with Gasteiger partial charge in [0, 0.05) is 19.5 Å². The highest BCUT2D eigenvalue weighted by Gasteiger charge is 2.40. The van der Waals surface area contributed by atoms with Crippen LogP contribution in [0.2, 0.25) is 0 Å². The van der Waals surface area contributed by atoms with Gasteiger partial charge in [0.2, 0.25) is 26.0 Å². The number of methoxy groups -OCH3 is 1. The van der Waals surface area contributed by atoms with Gasteiger partial charge in [0.1, 0.15) is 11.2 Å². The highest BCUT2D eigenvalue weighted by Crippen LogP contribution is 2.18. The van der Waals surface area contributed by atoms with Gasteiger partial charge in [0.05, 0.1) is 49.2 Å². The Morgan fingerprint density at radius 3 is 1.40 bits per heavy atom. The minimum Gasteiger partial charge on any atom is -0.469 e. The fraction of sp³-hybridized carbons (Fsp3) is 0.568. The molecular weight excluding hydrogens is 755 g/mol. The maximum absolute atomic E-state index is 13.8. The van der Waals surface area contributed by atoms with E-state index in [1.807, 2.05) is 0 Å². The summed E-state index contributed by atoms with van der Waals surface area (Å²) in [6.07, 6.45) is -1.84. The largest absolute Gasteiger partial charge is 0.469 e. The molecule has 2 aromatic carbocycles. The van der Waals surface area contributed by atoms with Crippen LogP contribution in [0, 0.1) is 0 Å². The van der Waals surface area contributed by atoms with Crippen molar-refractivity contribution in [3.63, 3.8) is 0 Å². The van der Waals surface area contributed by atoms with Crippen LogP contribution in [0.3, 0.4) is 0 Å². The van der Waals surface area contributed by atoms with Crippen LogP contribution in [-0.4, -0.2) is 113 Å². The Kier molecular flexibility index (Phi) is 16.0. The number of likely N-dealkylation sites (tertiary alicyclic amines) is 1. The summed E-state index contributed by atoms with van der Waals surface area (Å²) < 4.78 is 75.7. The smallest absolute Gasteiger partial charge is 0.407 e. The second-order valence-corrected chi connectivity index (χ2v) is 19.0. The zero-order valence-electron chi connectivity index (χ0n) is 32.5. The molecule has 1 heterocycles. The van der Waals surface area contributed by atoms with Crippen molar-refractivity contribution < 1.29 is 50.2 Å². The summed E-state index contributed by atoms with van der Waals surface area (Å²) in [4.78, 5) is 51.7. The van der Waals surface area contributed by atoms with E-state index in [0.29, 0.717) is 0 Å². The highest BCUT2D eigenvalue weighted by atomic mass is 32.2. The number of nitrogens with zero attached hydrogens (tertiary/aromatic N) is 1. The lowest BCUT2D eigenvalue weighted by atomic mass is 10.1. The van der Waals surface area contributed by atoms with Gasteiger partial charge in [-0.1, -0.05) is 60.7 Å². The van der Waals surface area contributed by atoms with Gasteiger partial charge in [0.15, 0.2) is 0 Å². The number of hydrogen-bond donors (Lipinski definition) is 4. The summed E-state index contributed by atoms with van der Waals surface area (Å²) >= 11 is 0. The minimum absolute atomic E-state index is 0.132. The monoisotopic (exact) mass is 809 g/mol. The van der Waals surface area contributed by atoms with Crippen LogP contribution in [-0.2, 0) is 56.7 Å². The molecule has 1 aliphatic heterocycles. The molecule has 1 saturated heterocycles. The number of ether oxygens (including phenoxy) is 3. The van der Waals surface area contributed by atoms with Crippen molar-refractivity contribution >= 4 is 44.1 Å². The molecule has 4 atom stereocenters. The average Bonchev–Trinajstić information content (AvgIpc) is 3.42. The second-order valence-electron chi connectivity index (χ2n) is 15.5. The summed E-state index contributed by atoms with van der Waals surface area (Å²) in [5, 5.41) is 5.28. The van der Waals surface area contributed by atoms with E-state index in [-0.39, 0.29) is 38.8 Å². The van der Waals surface area contributed by atoms with Crippen LogP contribution >= 0.6 is 0 Å². The zero-order valence-corrected chi connectivity index (χ0v) is 34.1. The number of nitrogens with one attached hydrogen (secondary N) is 4. The first-order valence-electron chi connectivity index (χ1n) is 17.9. The SMILES string of the molecule is COC(=O)CCC(=O)N1C[C@@H](NS(=O)(=O)C[C@H](Cc2ccccc2)NC(=O)OC(C)(C)C)[C@H](NS(=O)(=O)C[C@H](Cc2ccccc2)NC(=O)OC(C)(C)C)C1. The Hall–Kier alpha value is -4.26. The minimum atomic E-state index is -4.28. The van der Waals surface area contributed by atoms with Crippen molar-refractivity contribution in [2.75, 3.05) is 31.7 Å². The van der Waals surface area contributed by atoms with Crippen LogP contribution in [0.25, 0.3) is 0 Å². The molecule has 18 heteroatoms. The molecule has 1 fully saturated rings. The Labute approximate surface area is 324 Å². The lowest BCUT2D eigenvalue weighted by Gasteiger charge is -2.26. The van der Waals surface area contributed by atoms with E-state index >= 15 is 0 Å². The molecular formula is C37H55N5O11S2. The van der Waals surface area contributed by atoms with Gasteiger partial charge in [-0.3, -0.25) is 9.59 Å². The van der Waals surface area contributed by atoms with Crippen LogP contribution in [0.4, 0.5) is 9.59 Å². The summed E-state index contributed by atoms with van der Waals surface area (Å²) in [6, 6.07) is 13.6. The summed E-state index contributed by atoms with van der Waals surface area (Å²) in [7, 11) is -7.37. The van der Waals surface area contributed by atoms with E-state index in [1.165, 1.54) is 12.0 Å². The number of amides is 3. The van der Waals surface area contributed by atoms with Crippen molar-refractivity contribution in [2.24, 2.45) is 0 Å². The van der Waals surface area contributed by atoms with Crippen molar-refractivity contribution in [2.45, 2.75) is 103 Å². The van der Waals surface area contributed by atoms with Crippen LogP contribution in [0.5, 0.6) is 0 Å². The van der Waals surface area contributed by atoms with E-state index in [0.717, 1.165) is 11.1 Å². The number of hydrogen-bond acceptors (Lipinski definition) is 11. The first-order chi connectivity index (χ1) is 25.5. The van der Waals surface area contributed by atoms with Crippen LogP contribution in [0.15, 0.2) is 60.7 Å². The Bertz CT molecular complexity index is 1700. The van der Waals surface area contributed by atoms with Crippen LogP contribution < -0.4 is 20.1 Å². The van der Waals surface area contributed by atoms with Crippen molar-refractivity contribution in [1.82, 2.24) is 25.0 Å². The molecule has 4 N–H and O–H groups in total. The molecule has 1 aliphatic rings. The summed E-state index contributed by atoms with van der Waals surface area (Å²) in [5.41, 5.74) is -0.200. The molecule has 0 spiro atoms. The first-order valence-corrected chi connectivity index (χ1v) is 21.2. The fourth-order valence-electron chi connectivity index (χ4n) is 5.85. The Balaban J connectivity index is 1.86. The molecule has 0 aromatic heterocycles. The molecule has 2 aromatic rings. The second kappa shape index (κ2) is 19.6. The highest BCUT2D eigenvalue weighted by molar-refractivity contribution is 7.89. The first kappa shape index (κ1) is 45.1. The van der Waals surface area contributed by atoms with Gasteiger partial charge in [-0.25, -0.2) is 35.9 Å². The third-order valence-electron chi connectivity index (χ3n) is 8.04. The maximum Gasteiger partial charge on any atom is 0.407 e. The third kappa shape index (κ3) is 17.4. The molecule has 3 amide bonds. The van der Waals surface area contributed by atoms with Crippen molar-refractivity contribution in [3.05, 3.63) is 71.8 Å². The lowest BCUT2D eigenvalue weighted by molar-refractivity contribution is -0.143. The van der Waals surface area contributed by atoms with Gasteiger partial charge in [0.25, 0.3) is 0 Å². The summed E-state index contributed by atoms with van der Waals surface area (Å²) in [6.45, 7) is 9.60.